The van der Waals surface area contributed by atoms with Gasteiger partial charge in [0.25, 0.3) is 5.91 Å². The molecule has 0 fully saturated rings. The molecule has 0 atom stereocenters. The summed E-state index contributed by atoms with van der Waals surface area (Å²) in [6.45, 7) is 2.75. The number of carbonyl (C=O) groups excluding carboxylic acids is 1. The van der Waals surface area contributed by atoms with Crippen LogP contribution in [0.15, 0.2) is 54.6 Å². The van der Waals surface area contributed by atoms with Crippen LogP contribution in [-0.2, 0) is 0 Å². The maximum Gasteiger partial charge on any atom is 0.255 e. The van der Waals surface area contributed by atoms with Crippen LogP contribution in [0.25, 0.3) is 10.8 Å². The molecule has 5 heteroatoms. The van der Waals surface area contributed by atoms with E-state index in [9.17, 15) is 4.79 Å². The summed E-state index contributed by atoms with van der Waals surface area (Å²) >= 11 is 12.7. The number of rotatable bonds is 9. The molecule has 0 aliphatic rings. The van der Waals surface area contributed by atoms with Crippen molar-refractivity contribution in [2.24, 2.45) is 0 Å². The first kappa shape index (κ1) is 21.5. The molecule has 0 aliphatic carbocycles. The van der Waals surface area contributed by atoms with Crippen molar-refractivity contribution in [2.75, 3.05) is 11.9 Å². The van der Waals surface area contributed by atoms with Gasteiger partial charge in [0.1, 0.15) is 0 Å². The van der Waals surface area contributed by atoms with Gasteiger partial charge in [-0.1, -0.05) is 92.2 Å². The van der Waals surface area contributed by atoms with E-state index in [1.54, 1.807) is 12.1 Å². The predicted octanol–water partition coefficient (Wildman–Crippen LogP) is 7.75. The average Bonchev–Trinajstić information content (AvgIpc) is 2.72. The Bertz CT molecular complexity index is 959. The van der Waals surface area contributed by atoms with Gasteiger partial charge in [-0.2, -0.15) is 0 Å². The van der Waals surface area contributed by atoms with Crippen LogP contribution < -0.4 is 10.1 Å². The molecule has 3 rings (SSSR count). The summed E-state index contributed by atoms with van der Waals surface area (Å²) in [7, 11) is 0. The normalized spacial score (nSPS) is 10.9. The topological polar surface area (TPSA) is 38.3 Å². The Balaban J connectivity index is 1.68. The number of ether oxygens (including phenoxy) is 1. The zero-order valence-corrected chi connectivity index (χ0v) is 18.0. The molecular weight excluding hydrogens is 405 g/mol. The number of carbonyl (C=O) groups is 1. The Hall–Kier alpha value is -2.23. The van der Waals surface area contributed by atoms with Crippen molar-refractivity contribution in [3.8, 4) is 5.75 Å². The summed E-state index contributed by atoms with van der Waals surface area (Å²) in [5.41, 5.74) is 1.14. The molecule has 0 aliphatic heterocycles. The van der Waals surface area contributed by atoms with Crippen molar-refractivity contribution in [3.05, 3.63) is 70.2 Å². The Labute approximate surface area is 182 Å². The minimum Gasteiger partial charge on any atom is -0.490 e. The lowest BCUT2D eigenvalue weighted by molar-refractivity contribution is 0.102. The molecule has 0 saturated heterocycles. The van der Waals surface area contributed by atoms with Crippen LogP contribution in [0.3, 0.4) is 0 Å². The van der Waals surface area contributed by atoms with Gasteiger partial charge in [-0.05, 0) is 30.0 Å². The third kappa shape index (κ3) is 5.65. The zero-order chi connectivity index (χ0) is 20.6. The maximum atomic E-state index is 12.8. The molecule has 0 spiro atoms. The first-order valence-corrected chi connectivity index (χ1v) is 10.8. The molecular formula is C24H25Cl2NO2. The van der Waals surface area contributed by atoms with E-state index in [1.807, 2.05) is 42.5 Å². The SMILES string of the molecule is CCCCCCCOc1c(Cl)cc(C(=O)Nc2cccc3ccccc23)cc1Cl. The summed E-state index contributed by atoms with van der Waals surface area (Å²) in [6.07, 6.45) is 5.72. The van der Waals surface area contributed by atoms with Gasteiger partial charge in [-0.15, -0.1) is 0 Å². The zero-order valence-electron chi connectivity index (χ0n) is 16.5. The summed E-state index contributed by atoms with van der Waals surface area (Å²) in [4.78, 5) is 12.8. The lowest BCUT2D eigenvalue weighted by Crippen LogP contribution is -2.12. The minimum atomic E-state index is -0.267. The van der Waals surface area contributed by atoms with E-state index in [1.165, 1.54) is 19.3 Å². The van der Waals surface area contributed by atoms with Crippen molar-refractivity contribution in [1.82, 2.24) is 0 Å². The van der Waals surface area contributed by atoms with Crippen LogP contribution >= 0.6 is 23.2 Å². The van der Waals surface area contributed by atoms with Crippen molar-refractivity contribution < 1.29 is 9.53 Å². The van der Waals surface area contributed by atoms with Crippen LogP contribution in [0.1, 0.15) is 49.4 Å². The number of anilines is 1. The average molecular weight is 430 g/mol. The van der Waals surface area contributed by atoms with Crippen molar-refractivity contribution >= 4 is 45.6 Å². The van der Waals surface area contributed by atoms with Gasteiger partial charge >= 0.3 is 0 Å². The molecule has 29 heavy (non-hydrogen) atoms. The number of halogens is 2. The molecule has 3 aromatic rings. The highest BCUT2D eigenvalue weighted by Gasteiger charge is 2.15. The molecule has 0 radical (unpaired) electrons. The highest BCUT2D eigenvalue weighted by molar-refractivity contribution is 6.37. The van der Waals surface area contributed by atoms with Gasteiger partial charge in [0.15, 0.2) is 5.75 Å². The molecule has 0 bridgehead atoms. The van der Waals surface area contributed by atoms with E-state index in [4.69, 9.17) is 27.9 Å². The molecule has 0 saturated carbocycles. The fraction of sp³-hybridized carbons (Fsp3) is 0.292. The van der Waals surface area contributed by atoms with E-state index in [-0.39, 0.29) is 5.91 Å². The van der Waals surface area contributed by atoms with E-state index < -0.39 is 0 Å². The Morgan fingerprint density at radius 1 is 0.931 bits per heavy atom. The van der Waals surface area contributed by atoms with Gasteiger partial charge in [-0.25, -0.2) is 0 Å². The molecule has 3 nitrogen and oxygen atoms in total. The van der Waals surface area contributed by atoms with Crippen molar-refractivity contribution in [2.45, 2.75) is 39.0 Å². The number of benzene rings is 3. The highest BCUT2D eigenvalue weighted by atomic mass is 35.5. The van der Waals surface area contributed by atoms with Gasteiger partial charge in [0, 0.05) is 16.6 Å². The second-order valence-corrected chi connectivity index (χ2v) is 7.83. The maximum absolute atomic E-state index is 12.8. The molecule has 0 heterocycles. The molecule has 0 unspecified atom stereocenters. The number of amides is 1. The molecule has 1 amide bonds. The van der Waals surface area contributed by atoms with Crippen LogP contribution in [0.2, 0.25) is 10.0 Å². The van der Waals surface area contributed by atoms with Crippen LogP contribution in [-0.4, -0.2) is 12.5 Å². The molecule has 152 valence electrons. The Morgan fingerprint density at radius 2 is 1.62 bits per heavy atom. The minimum absolute atomic E-state index is 0.267. The van der Waals surface area contributed by atoms with Crippen molar-refractivity contribution in [3.63, 3.8) is 0 Å². The summed E-state index contributed by atoms with van der Waals surface area (Å²) in [5, 5.41) is 5.67. The van der Waals surface area contributed by atoms with Crippen LogP contribution in [0.4, 0.5) is 5.69 Å². The summed E-state index contributed by atoms with van der Waals surface area (Å²) < 4.78 is 5.76. The van der Waals surface area contributed by atoms with Gasteiger partial charge in [0.05, 0.1) is 16.7 Å². The predicted molar refractivity (Wildman–Crippen MR) is 123 cm³/mol. The van der Waals surface area contributed by atoms with E-state index in [2.05, 4.69) is 12.2 Å². The third-order valence-electron chi connectivity index (χ3n) is 4.79. The quantitative estimate of drug-likeness (QED) is 0.353. The first-order chi connectivity index (χ1) is 14.1. The summed E-state index contributed by atoms with van der Waals surface area (Å²) in [6, 6.07) is 16.9. The molecule has 1 N–H and O–H groups in total. The lowest BCUT2D eigenvalue weighted by atomic mass is 10.1. The fourth-order valence-electron chi connectivity index (χ4n) is 3.24. The first-order valence-electron chi connectivity index (χ1n) is 10.0. The fourth-order valence-corrected chi connectivity index (χ4v) is 3.83. The lowest BCUT2D eigenvalue weighted by Gasteiger charge is -2.13. The summed E-state index contributed by atoms with van der Waals surface area (Å²) in [5.74, 6) is 0.168. The van der Waals surface area contributed by atoms with Crippen molar-refractivity contribution in [1.29, 1.82) is 0 Å². The Kier molecular flexibility index (Phi) is 7.79. The second-order valence-electron chi connectivity index (χ2n) is 7.01. The number of hydrogen-bond donors (Lipinski definition) is 1. The smallest absolute Gasteiger partial charge is 0.255 e. The monoisotopic (exact) mass is 429 g/mol. The molecule has 3 aromatic carbocycles. The molecule has 0 aromatic heterocycles. The standard InChI is InChI=1S/C24H25Cl2NO2/c1-2-3-4-5-8-14-29-23-20(25)15-18(16-21(23)26)24(28)27-22-13-9-11-17-10-6-7-12-19(17)22/h6-7,9-13,15-16H,2-5,8,14H2,1H3,(H,27,28). The largest absolute Gasteiger partial charge is 0.490 e. The number of hydrogen-bond acceptors (Lipinski definition) is 2. The van der Waals surface area contributed by atoms with Gasteiger partial charge in [0.2, 0.25) is 0 Å². The number of fused-ring (bicyclic) bond motifs is 1. The third-order valence-corrected chi connectivity index (χ3v) is 5.35. The number of unbranched alkanes of at least 4 members (excludes halogenated alkanes) is 4. The Morgan fingerprint density at radius 3 is 2.38 bits per heavy atom. The van der Waals surface area contributed by atoms with Crippen LogP contribution in [0.5, 0.6) is 5.75 Å². The van der Waals surface area contributed by atoms with E-state index in [0.717, 1.165) is 29.3 Å². The second kappa shape index (κ2) is 10.5. The van der Waals surface area contributed by atoms with E-state index >= 15 is 0 Å². The number of nitrogens with one attached hydrogen (secondary N) is 1. The van der Waals surface area contributed by atoms with Gasteiger partial charge < -0.3 is 10.1 Å². The van der Waals surface area contributed by atoms with E-state index in [0.29, 0.717) is 28.0 Å². The van der Waals surface area contributed by atoms with Gasteiger partial charge in [-0.3, -0.25) is 4.79 Å². The highest BCUT2D eigenvalue weighted by Crippen LogP contribution is 2.35. The van der Waals surface area contributed by atoms with Crippen LogP contribution in [0, 0.1) is 0 Å².